The number of benzene rings is 1. The van der Waals surface area contributed by atoms with Crippen molar-refractivity contribution in [3.63, 3.8) is 0 Å². The fraction of sp³-hybridized carbons (Fsp3) is 0.391. The molecule has 3 aromatic rings. The lowest BCUT2D eigenvalue weighted by Gasteiger charge is -2.34. The molecule has 2 aliphatic heterocycles. The SMILES string of the molecule is CN1CCN(C(=O)c2cc([C@@H]3CN(C(=O)c4ccn[nH]4)CCO3)nc3ccccc23)CC1. The third-order valence-electron chi connectivity index (χ3n) is 6.17. The Hall–Kier alpha value is -3.30. The highest BCUT2D eigenvalue weighted by molar-refractivity contribution is 6.06. The van der Waals surface area contributed by atoms with Gasteiger partial charge in [-0.15, -0.1) is 0 Å². The van der Waals surface area contributed by atoms with E-state index in [0.29, 0.717) is 49.7 Å². The van der Waals surface area contributed by atoms with Crippen molar-refractivity contribution in [2.45, 2.75) is 6.10 Å². The Kier molecular flexibility index (Phi) is 5.59. The molecule has 0 saturated carbocycles. The second-order valence-corrected chi connectivity index (χ2v) is 8.29. The number of amides is 2. The molecule has 0 bridgehead atoms. The summed E-state index contributed by atoms with van der Waals surface area (Å²) >= 11 is 0. The van der Waals surface area contributed by atoms with E-state index in [0.717, 1.165) is 24.0 Å². The topological polar surface area (TPSA) is 94.7 Å². The first-order valence-corrected chi connectivity index (χ1v) is 10.9. The molecule has 9 heteroatoms. The monoisotopic (exact) mass is 434 g/mol. The van der Waals surface area contributed by atoms with E-state index in [9.17, 15) is 9.59 Å². The summed E-state index contributed by atoms with van der Waals surface area (Å²) in [6.45, 7) is 4.39. The van der Waals surface area contributed by atoms with Gasteiger partial charge in [0.15, 0.2) is 0 Å². The maximum atomic E-state index is 13.4. The van der Waals surface area contributed by atoms with Crippen LogP contribution in [0.3, 0.4) is 0 Å². The number of rotatable bonds is 3. The van der Waals surface area contributed by atoms with Crippen LogP contribution in [-0.2, 0) is 4.74 Å². The summed E-state index contributed by atoms with van der Waals surface area (Å²) in [7, 11) is 2.07. The Labute approximate surface area is 186 Å². The number of carbonyl (C=O) groups excluding carboxylic acids is 2. The fourth-order valence-electron chi connectivity index (χ4n) is 4.28. The number of carbonyl (C=O) groups is 2. The first-order chi connectivity index (χ1) is 15.6. The normalized spacial score (nSPS) is 20.0. The molecule has 1 atom stereocenters. The number of hydrogen-bond acceptors (Lipinski definition) is 6. The van der Waals surface area contributed by atoms with Crippen LogP contribution in [0.15, 0.2) is 42.6 Å². The molecule has 2 saturated heterocycles. The number of morpholine rings is 1. The second kappa shape index (κ2) is 8.68. The lowest BCUT2D eigenvalue weighted by atomic mass is 10.0. The van der Waals surface area contributed by atoms with E-state index in [2.05, 4.69) is 22.1 Å². The number of pyridine rings is 1. The zero-order valence-electron chi connectivity index (χ0n) is 18.0. The van der Waals surface area contributed by atoms with Gasteiger partial charge in [0.2, 0.25) is 0 Å². The van der Waals surface area contributed by atoms with Crippen molar-refractivity contribution < 1.29 is 14.3 Å². The maximum absolute atomic E-state index is 13.4. The van der Waals surface area contributed by atoms with E-state index in [1.165, 1.54) is 0 Å². The zero-order chi connectivity index (χ0) is 22.1. The third kappa shape index (κ3) is 3.96. The number of likely N-dealkylation sites (N-methyl/N-ethyl adjacent to an activating group) is 1. The predicted molar refractivity (Wildman–Crippen MR) is 118 cm³/mol. The lowest BCUT2D eigenvalue weighted by molar-refractivity contribution is -0.0248. The van der Waals surface area contributed by atoms with Crippen molar-refractivity contribution in [2.75, 3.05) is 52.9 Å². The molecule has 2 fully saturated rings. The Morgan fingerprint density at radius 3 is 2.62 bits per heavy atom. The highest BCUT2D eigenvalue weighted by Crippen LogP contribution is 2.27. The van der Waals surface area contributed by atoms with E-state index >= 15 is 0 Å². The Bertz CT molecular complexity index is 1120. The minimum atomic E-state index is -0.403. The van der Waals surface area contributed by atoms with Crippen molar-refractivity contribution >= 4 is 22.7 Å². The molecule has 5 rings (SSSR count). The van der Waals surface area contributed by atoms with Gasteiger partial charge >= 0.3 is 0 Å². The quantitative estimate of drug-likeness (QED) is 0.672. The number of hydrogen-bond donors (Lipinski definition) is 1. The number of nitrogens with one attached hydrogen (secondary N) is 1. The van der Waals surface area contributed by atoms with E-state index in [1.54, 1.807) is 17.2 Å². The Balaban J connectivity index is 1.45. The van der Waals surface area contributed by atoms with Crippen LogP contribution in [0, 0.1) is 0 Å². The smallest absolute Gasteiger partial charge is 0.272 e. The largest absolute Gasteiger partial charge is 0.368 e. The molecule has 166 valence electrons. The van der Waals surface area contributed by atoms with Gasteiger partial charge < -0.3 is 19.4 Å². The minimum Gasteiger partial charge on any atom is -0.368 e. The molecule has 1 aromatic carbocycles. The molecule has 32 heavy (non-hydrogen) atoms. The van der Waals surface area contributed by atoms with Crippen molar-refractivity contribution in [2.24, 2.45) is 0 Å². The summed E-state index contributed by atoms with van der Waals surface area (Å²) in [5.41, 5.74) is 2.50. The van der Waals surface area contributed by atoms with Gasteiger partial charge in [-0.25, -0.2) is 4.98 Å². The molecule has 0 unspecified atom stereocenters. The van der Waals surface area contributed by atoms with E-state index in [4.69, 9.17) is 9.72 Å². The number of aromatic nitrogens is 3. The highest BCUT2D eigenvalue weighted by atomic mass is 16.5. The summed E-state index contributed by atoms with van der Waals surface area (Å²) in [5, 5.41) is 7.43. The number of H-pyrrole nitrogens is 1. The Morgan fingerprint density at radius 2 is 1.84 bits per heavy atom. The van der Waals surface area contributed by atoms with E-state index < -0.39 is 6.10 Å². The van der Waals surface area contributed by atoms with E-state index in [1.807, 2.05) is 35.2 Å². The van der Waals surface area contributed by atoms with Gasteiger partial charge in [0.1, 0.15) is 11.8 Å². The molecule has 2 aromatic heterocycles. The van der Waals surface area contributed by atoms with Crippen LogP contribution in [0.2, 0.25) is 0 Å². The first kappa shape index (κ1) is 20.6. The van der Waals surface area contributed by atoms with Crippen molar-refractivity contribution in [3.05, 3.63) is 59.5 Å². The van der Waals surface area contributed by atoms with Crippen LogP contribution in [0.25, 0.3) is 10.9 Å². The third-order valence-corrected chi connectivity index (χ3v) is 6.17. The second-order valence-electron chi connectivity index (χ2n) is 8.29. The minimum absolute atomic E-state index is 0.0131. The van der Waals surface area contributed by atoms with Crippen molar-refractivity contribution in [1.82, 2.24) is 29.9 Å². The van der Waals surface area contributed by atoms with Gasteiger partial charge in [-0.2, -0.15) is 5.10 Å². The molecule has 4 heterocycles. The highest BCUT2D eigenvalue weighted by Gasteiger charge is 2.30. The Morgan fingerprint density at radius 1 is 1.03 bits per heavy atom. The average Bonchev–Trinajstić information content (AvgIpc) is 3.38. The summed E-state index contributed by atoms with van der Waals surface area (Å²) < 4.78 is 5.99. The fourth-order valence-corrected chi connectivity index (χ4v) is 4.28. The van der Waals surface area contributed by atoms with Crippen LogP contribution in [0.1, 0.15) is 32.6 Å². The van der Waals surface area contributed by atoms with Gasteiger partial charge in [-0.1, -0.05) is 18.2 Å². The van der Waals surface area contributed by atoms with Crippen molar-refractivity contribution in [1.29, 1.82) is 0 Å². The number of aromatic amines is 1. The molecule has 0 spiro atoms. The summed E-state index contributed by atoms with van der Waals surface area (Å²) in [5.74, 6) is -0.107. The maximum Gasteiger partial charge on any atom is 0.272 e. The van der Waals surface area contributed by atoms with Crippen LogP contribution < -0.4 is 0 Å². The molecular formula is C23H26N6O3. The lowest BCUT2D eigenvalue weighted by Crippen LogP contribution is -2.47. The molecule has 2 aliphatic rings. The number of ether oxygens (including phenoxy) is 1. The van der Waals surface area contributed by atoms with Gasteiger partial charge in [0.05, 0.1) is 29.9 Å². The van der Waals surface area contributed by atoms with Gasteiger partial charge in [-0.05, 0) is 25.2 Å². The first-order valence-electron chi connectivity index (χ1n) is 10.9. The predicted octanol–water partition coefficient (Wildman–Crippen LogP) is 1.56. The van der Waals surface area contributed by atoms with Crippen LogP contribution in [0.5, 0.6) is 0 Å². The molecule has 1 N–H and O–H groups in total. The number of piperazine rings is 1. The summed E-state index contributed by atoms with van der Waals surface area (Å²) in [6, 6.07) is 11.2. The molecule has 9 nitrogen and oxygen atoms in total. The number of fused-ring (bicyclic) bond motifs is 1. The van der Waals surface area contributed by atoms with E-state index in [-0.39, 0.29) is 11.8 Å². The standard InChI is InChI=1S/C23H26N6O3/c1-27-8-10-28(11-9-27)22(30)17-14-20(25-18-5-3-2-4-16(17)18)21-15-29(12-13-32-21)23(31)19-6-7-24-26-19/h2-7,14,21H,8-13,15H2,1H3,(H,24,26)/t21-/m0/s1. The average molecular weight is 435 g/mol. The molecule has 0 radical (unpaired) electrons. The van der Waals surface area contributed by atoms with Crippen molar-refractivity contribution in [3.8, 4) is 0 Å². The molecule has 0 aliphatic carbocycles. The number of nitrogens with zero attached hydrogens (tertiary/aromatic N) is 5. The van der Waals surface area contributed by atoms with Gasteiger partial charge in [0, 0.05) is 44.3 Å². The van der Waals surface area contributed by atoms with Crippen LogP contribution in [0.4, 0.5) is 0 Å². The molecular weight excluding hydrogens is 408 g/mol. The summed E-state index contributed by atoms with van der Waals surface area (Å²) in [6.07, 6.45) is 1.16. The van der Waals surface area contributed by atoms with Crippen LogP contribution in [-0.4, -0.2) is 94.6 Å². The zero-order valence-corrected chi connectivity index (χ0v) is 18.0. The summed E-state index contributed by atoms with van der Waals surface area (Å²) in [4.78, 5) is 36.9. The van der Waals surface area contributed by atoms with Crippen LogP contribution >= 0.6 is 0 Å². The number of para-hydroxylation sites is 1. The van der Waals surface area contributed by atoms with Gasteiger partial charge in [0.25, 0.3) is 11.8 Å². The molecule has 2 amide bonds. The van der Waals surface area contributed by atoms with Gasteiger partial charge in [-0.3, -0.25) is 14.7 Å².